The maximum atomic E-state index is 5.70. The van der Waals surface area contributed by atoms with E-state index in [-0.39, 0.29) is 5.41 Å². The fourth-order valence-electron chi connectivity index (χ4n) is 1.17. The Balaban J connectivity index is 3.99. The van der Waals surface area contributed by atoms with E-state index in [1.807, 2.05) is 11.8 Å². The van der Waals surface area contributed by atoms with E-state index in [1.165, 1.54) is 5.75 Å². The van der Waals surface area contributed by atoms with Crippen molar-refractivity contribution in [1.29, 1.82) is 0 Å². The van der Waals surface area contributed by atoms with Crippen LogP contribution in [0, 0.1) is 5.41 Å². The van der Waals surface area contributed by atoms with Gasteiger partial charge in [0.25, 0.3) is 0 Å². The largest absolute Gasteiger partial charge is 0.393 e. The number of thiocarbonyl (C=S) groups is 1. The Morgan fingerprint density at radius 1 is 1.53 bits per heavy atom. The molecule has 4 heteroatoms. The first kappa shape index (κ1) is 15.2. The van der Waals surface area contributed by atoms with Crippen molar-refractivity contribution >= 4 is 29.0 Å². The lowest BCUT2D eigenvalue weighted by molar-refractivity contribution is 0.249. The van der Waals surface area contributed by atoms with Crippen molar-refractivity contribution in [3.05, 3.63) is 0 Å². The maximum absolute atomic E-state index is 5.70. The van der Waals surface area contributed by atoms with E-state index in [4.69, 9.17) is 18.0 Å². The Morgan fingerprint density at radius 3 is 2.47 bits per heavy atom. The van der Waals surface area contributed by atoms with Crippen LogP contribution in [0.3, 0.4) is 0 Å². The van der Waals surface area contributed by atoms with Crippen LogP contribution in [0.1, 0.15) is 27.2 Å². The minimum Gasteiger partial charge on any atom is -0.393 e. The van der Waals surface area contributed by atoms with Crippen molar-refractivity contribution in [3.8, 4) is 0 Å². The summed E-state index contributed by atoms with van der Waals surface area (Å²) >= 11 is 6.94. The van der Waals surface area contributed by atoms with Crippen molar-refractivity contribution in [3.63, 3.8) is 0 Å². The quantitative estimate of drug-likeness (QED) is 0.701. The van der Waals surface area contributed by atoms with Gasteiger partial charge in [0.2, 0.25) is 0 Å². The molecule has 0 spiro atoms. The van der Waals surface area contributed by atoms with E-state index in [0.717, 1.165) is 13.0 Å². The topological polar surface area (TPSA) is 29.3 Å². The first-order valence-corrected chi connectivity index (χ1v) is 7.10. The van der Waals surface area contributed by atoms with E-state index in [9.17, 15) is 0 Å². The van der Waals surface area contributed by atoms with Gasteiger partial charge in [-0.2, -0.15) is 11.8 Å². The van der Waals surface area contributed by atoms with Gasteiger partial charge >= 0.3 is 0 Å². The molecular weight excluding hydrogens is 224 g/mol. The first-order valence-electron chi connectivity index (χ1n) is 5.30. The average molecular weight is 248 g/mol. The zero-order chi connectivity index (χ0) is 12.1. The lowest BCUT2D eigenvalue weighted by atomic mass is 9.89. The zero-order valence-corrected chi connectivity index (χ0v) is 12.2. The van der Waals surface area contributed by atoms with Gasteiger partial charge in [0.15, 0.2) is 0 Å². The number of rotatable bonds is 7. The van der Waals surface area contributed by atoms with E-state index in [2.05, 4.69) is 39.0 Å². The number of thioether (sulfide) groups is 1. The SMILES string of the molecule is CSCC(C)N(C)CCC(C)(C)C(N)=S. The molecule has 0 aromatic heterocycles. The number of hydrogen-bond donors (Lipinski definition) is 1. The molecule has 90 valence electrons. The van der Waals surface area contributed by atoms with E-state index >= 15 is 0 Å². The molecule has 1 atom stereocenters. The van der Waals surface area contributed by atoms with Crippen LogP contribution in [0.4, 0.5) is 0 Å². The predicted octanol–water partition coefficient (Wildman–Crippen LogP) is 2.37. The maximum Gasteiger partial charge on any atom is 0.0784 e. The summed E-state index contributed by atoms with van der Waals surface area (Å²) in [5.74, 6) is 1.17. The minimum absolute atomic E-state index is 0.0251. The molecule has 0 amide bonds. The van der Waals surface area contributed by atoms with E-state index < -0.39 is 0 Å². The molecule has 0 heterocycles. The lowest BCUT2D eigenvalue weighted by Gasteiger charge is -2.29. The molecule has 0 aromatic carbocycles. The summed E-state index contributed by atoms with van der Waals surface area (Å²) in [6.45, 7) is 7.53. The Morgan fingerprint density at radius 2 is 2.07 bits per heavy atom. The van der Waals surface area contributed by atoms with Crippen LogP contribution in [-0.4, -0.2) is 41.5 Å². The van der Waals surface area contributed by atoms with E-state index in [1.54, 1.807) is 0 Å². The Bertz CT molecular complexity index is 205. The highest BCUT2D eigenvalue weighted by Crippen LogP contribution is 2.21. The minimum atomic E-state index is -0.0251. The fraction of sp³-hybridized carbons (Fsp3) is 0.909. The second kappa shape index (κ2) is 6.71. The molecule has 2 N–H and O–H groups in total. The van der Waals surface area contributed by atoms with Gasteiger partial charge in [-0.05, 0) is 33.2 Å². The summed E-state index contributed by atoms with van der Waals surface area (Å²) in [4.78, 5) is 2.99. The van der Waals surface area contributed by atoms with Crippen molar-refractivity contribution in [1.82, 2.24) is 4.90 Å². The summed E-state index contributed by atoms with van der Waals surface area (Å²) in [7, 11) is 2.16. The third kappa shape index (κ3) is 5.73. The van der Waals surface area contributed by atoms with Crippen LogP contribution in [0.2, 0.25) is 0 Å². The molecule has 2 nitrogen and oxygen atoms in total. The van der Waals surface area contributed by atoms with Gasteiger partial charge in [0.05, 0.1) is 4.99 Å². The predicted molar refractivity (Wildman–Crippen MR) is 75.7 cm³/mol. The molecule has 1 unspecified atom stereocenters. The van der Waals surface area contributed by atoms with E-state index in [0.29, 0.717) is 11.0 Å². The van der Waals surface area contributed by atoms with Crippen LogP contribution in [0.5, 0.6) is 0 Å². The molecule has 0 aliphatic carbocycles. The van der Waals surface area contributed by atoms with Gasteiger partial charge in [-0.25, -0.2) is 0 Å². The summed E-state index contributed by atoms with van der Waals surface area (Å²) in [5, 5.41) is 0. The molecule has 0 saturated carbocycles. The van der Waals surface area contributed by atoms with Crippen molar-refractivity contribution in [2.24, 2.45) is 11.1 Å². The van der Waals surface area contributed by atoms with Gasteiger partial charge in [-0.3, -0.25) is 0 Å². The van der Waals surface area contributed by atoms with Gasteiger partial charge in [-0.15, -0.1) is 0 Å². The summed E-state index contributed by atoms with van der Waals surface area (Å²) in [6, 6.07) is 0.613. The van der Waals surface area contributed by atoms with Gasteiger partial charge in [0, 0.05) is 17.2 Å². The summed E-state index contributed by atoms with van der Waals surface area (Å²) in [6.07, 6.45) is 3.17. The molecule has 0 rings (SSSR count). The lowest BCUT2D eigenvalue weighted by Crippen LogP contribution is -2.37. The average Bonchev–Trinajstić information content (AvgIpc) is 2.14. The molecule has 0 aliphatic heterocycles. The van der Waals surface area contributed by atoms with Gasteiger partial charge in [-0.1, -0.05) is 26.1 Å². The van der Waals surface area contributed by atoms with Gasteiger partial charge < -0.3 is 10.6 Å². The normalized spacial score (nSPS) is 14.3. The molecular formula is C11H24N2S2. The molecule has 0 aliphatic rings. The van der Waals surface area contributed by atoms with Crippen molar-refractivity contribution in [2.45, 2.75) is 33.2 Å². The zero-order valence-electron chi connectivity index (χ0n) is 10.5. The third-order valence-corrected chi connectivity index (χ3v) is 4.29. The standard InChI is InChI=1S/C11H24N2S2/c1-9(8-15-5)13(4)7-6-11(2,3)10(12)14/h9H,6-8H2,1-5H3,(H2,12,14). The highest BCUT2D eigenvalue weighted by atomic mass is 32.2. The Hall–Kier alpha value is 0.200. The molecule has 0 fully saturated rings. The van der Waals surface area contributed by atoms with Crippen LogP contribution >= 0.6 is 24.0 Å². The summed E-state index contributed by atoms with van der Waals surface area (Å²) < 4.78 is 0. The van der Waals surface area contributed by atoms with Crippen LogP contribution in [0.25, 0.3) is 0 Å². The second-order valence-corrected chi connectivity index (χ2v) is 6.13. The Kier molecular flexibility index (Phi) is 6.80. The first-order chi connectivity index (χ1) is 6.81. The number of nitrogens with two attached hydrogens (primary N) is 1. The van der Waals surface area contributed by atoms with Crippen molar-refractivity contribution < 1.29 is 0 Å². The number of nitrogens with zero attached hydrogens (tertiary/aromatic N) is 1. The summed E-state index contributed by atoms with van der Waals surface area (Å²) in [5.41, 5.74) is 5.67. The van der Waals surface area contributed by atoms with Gasteiger partial charge in [0.1, 0.15) is 0 Å². The van der Waals surface area contributed by atoms with Crippen molar-refractivity contribution in [2.75, 3.05) is 25.6 Å². The fourth-order valence-corrected chi connectivity index (χ4v) is 2.01. The number of hydrogen-bond acceptors (Lipinski definition) is 3. The highest BCUT2D eigenvalue weighted by Gasteiger charge is 2.22. The molecule has 0 saturated heterocycles. The third-order valence-electron chi connectivity index (χ3n) is 2.92. The highest BCUT2D eigenvalue weighted by molar-refractivity contribution is 7.98. The monoisotopic (exact) mass is 248 g/mol. The second-order valence-electron chi connectivity index (χ2n) is 4.78. The molecule has 0 aromatic rings. The molecule has 0 radical (unpaired) electrons. The molecule has 15 heavy (non-hydrogen) atoms. The van der Waals surface area contributed by atoms with Crippen LogP contribution in [0.15, 0.2) is 0 Å². The Labute approximate surface area is 104 Å². The van der Waals surface area contributed by atoms with Crippen LogP contribution in [-0.2, 0) is 0 Å². The van der Waals surface area contributed by atoms with Crippen LogP contribution < -0.4 is 5.73 Å². The smallest absolute Gasteiger partial charge is 0.0784 e. The molecule has 0 bridgehead atoms.